The van der Waals surface area contributed by atoms with Crippen LogP contribution in [0.15, 0.2) is 18.2 Å². The predicted octanol–water partition coefficient (Wildman–Crippen LogP) is 2.86. The molecule has 118 valence electrons. The molecule has 0 aliphatic rings. The summed E-state index contributed by atoms with van der Waals surface area (Å²) in [6, 6.07) is 2.66. The molecule has 0 saturated carbocycles. The minimum atomic E-state index is -4.51. The van der Waals surface area contributed by atoms with E-state index in [-0.39, 0.29) is 17.3 Å². The summed E-state index contributed by atoms with van der Waals surface area (Å²) in [5.74, 6) is 6.25. The molecule has 4 N–H and O–H groups in total. The summed E-state index contributed by atoms with van der Waals surface area (Å²) >= 11 is 1.64. The van der Waals surface area contributed by atoms with E-state index in [1.807, 2.05) is 6.92 Å². The van der Waals surface area contributed by atoms with Crippen LogP contribution in [0.25, 0.3) is 0 Å². The van der Waals surface area contributed by atoms with Crippen LogP contribution in [0.3, 0.4) is 0 Å². The van der Waals surface area contributed by atoms with Gasteiger partial charge < -0.3 is 10.7 Å². The molecule has 4 nitrogen and oxygen atoms in total. The molecule has 0 spiro atoms. The van der Waals surface area contributed by atoms with Crippen molar-refractivity contribution >= 4 is 23.4 Å². The normalized spacial score (nSPS) is 12.9. The number of nitrogens with one attached hydrogen (secondary N) is 2. The lowest BCUT2D eigenvalue weighted by Gasteiger charge is -2.16. The Morgan fingerprint density at radius 2 is 2.10 bits per heavy atom. The fourth-order valence-corrected chi connectivity index (χ4v) is 2.34. The van der Waals surface area contributed by atoms with E-state index in [0.717, 1.165) is 24.0 Å². The first kappa shape index (κ1) is 17.6. The highest BCUT2D eigenvalue weighted by Crippen LogP contribution is 2.31. The van der Waals surface area contributed by atoms with E-state index in [2.05, 4.69) is 10.7 Å². The van der Waals surface area contributed by atoms with Gasteiger partial charge >= 0.3 is 6.18 Å². The van der Waals surface area contributed by atoms with Gasteiger partial charge in [0.15, 0.2) is 0 Å². The van der Waals surface area contributed by atoms with E-state index in [0.29, 0.717) is 5.75 Å². The van der Waals surface area contributed by atoms with Crippen molar-refractivity contribution in [1.29, 1.82) is 0 Å². The van der Waals surface area contributed by atoms with Gasteiger partial charge in [0.25, 0.3) is 5.91 Å². The number of alkyl halides is 3. The summed E-state index contributed by atoms with van der Waals surface area (Å²) in [7, 11) is 0. The van der Waals surface area contributed by atoms with Gasteiger partial charge in [-0.3, -0.25) is 10.6 Å². The topological polar surface area (TPSA) is 67.2 Å². The smallest absolute Gasteiger partial charge is 0.349 e. The number of hydrogen-bond acceptors (Lipinski definition) is 4. The molecule has 1 aromatic rings. The molecule has 0 saturated heterocycles. The standard InChI is InChI=1S/C13H18F3N3OS/c1-3-21-7-8(2)18-12(20)10-6-9(13(14,15)16)4-5-11(10)19-17/h4-6,8,19H,3,7,17H2,1-2H3,(H,18,20). The zero-order valence-corrected chi connectivity index (χ0v) is 12.6. The Balaban J connectivity index is 2.96. The molecule has 1 rings (SSSR count). The largest absolute Gasteiger partial charge is 0.416 e. The molecule has 0 fully saturated rings. The number of carbonyl (C=O) groups is 1. The summed E-state index contributed by atoms with van der Waals surface area (Å²) < 4.78 is 38.1. The second-order valence-corrected chi connectivity index (χ2v) is 5.76. The molecule has 0 bridgehead atoms. The molecule has 1 amide bonds. The summed E-state index contributed by atoms with van der Waals surface area (Å²) in [6.45, 7) is 3.78. The third kappa shape index (κ3) is 5.13. The molecule has 0 aliphatic carbocycles. The summed E-state index contributed by atoms with van der Waals surface area (Å²) in [5, 5.41) is 2.66. The highest BCUT2D eigenvalue weighted by atomic mass is 32.2. The number of carbonyl (C=O) groups excluding carboxylic acids is 1. The van der Waals surface area contributed by atoms with Crippen LogP contribution in [0.4, 0.5) is 18.9 Å². The lowest BCUT2D eigenvalue weighted by Crippen LogP contribution is -2.35. The third-order valence-corrected chi connectivity index (χ3v) is 3.84. The predicted molar refractivity (Wildman–Crippen MR) is 79.2 cm³/mol. The SMILES string of the molecule is CCSCC(C)NC(=O)c1cc(C(F)(F)F)ccc1NN. The van der Waals surface area contributed by atoms with E-state index in [9.17, 15) is 18.0 Å². The Labute approximate surface area is 125 Å². The lowest BCUT2D eigenvalue weighted by molar-refractivity contribution is -0.137. The number of amides is 1. The van der Waals surface area contributed by atoms with Crippen molar-refractivity contribution in [2.75, 3.05) is 16.9 Å². The van der Waals surface area contributed by atoms with Crippen molar-refractivity contribution in [3.8, 4) is 0 Å². The maximum atomic E-state index is 12.7. The zero-order chi connectivity index (χ0) is 16.0. The minimum absolute atomic E-state index is 0.124. The highest BCUT2D eigenvalue weighted by molar-refractivity contribution is 7.99. The minimum Gasteiger partial charge on any atom is -0.349 e. The van der Waals surface area contributed by atoms with Crippen LogP contribution in [-0.2, 0) is 6.18 Å². The molecule has 21 heavy (non-hydrogen) atoms. The lowest BCUT2D eigenvalue weighted by atomic mass is 10.1. The first-order valence-electron chi connectivity index (χ1n) is 6.36. The molecule has 1 atom stereocenters. The van der Waals surface area contributed by atoms with E-state index in [1.165, 1.54) is 0 Å². The maximum absolute atomic E-state index is 12.7. The van der Waals surface area contributed by atoms with Crippen LogP contribution in [0.1, 0.15) is 29.8 Å². The van der Waals surface area contributed by atoms with Crippen LogP contribution < -0.4 is 16.6 Å². The van der Waals surface area contributed by atoms with Crippen molar-refractivity contribution < 1.29 is 18.0 Å². The van der Waals surface area contributed by atoms with Gasteiger partial charge in [-0.1, -0.05) is 6.92 Å². The number of rotatable bonds is 6. The van der Waals surface area contributed by atoms with Crippen LogP contribution in [-0.4, -0.2) is 23.5 Å². The van der Waals surface area contributed by atoms with Crippen LogP contribution in [0.2, 0.25) is 0 Å². The quantitative estimate of drug-likeness (QED) is 0.557. The number of hydrogen-bond donors (Lipinski definition) is 3. The van der Waals surface area contributed by atoms with Gasteiger partial charge in [-0.05, 0) is 30.9 Å². The molecule has 8 heteroatoms. The fourth-order valence-electron chi connectivity index (χ4n) is 1.67. The summed E-state index contributed by atoms with van der Waals surface area (Å²) in [4.78, 5) is 12.1. The Hall–Kier alpha value is -1.41. The van der Waals surface area contributed by atoms with Gasteiger partial charge in [-0.2, -0.15) is 24.9 Å². The van der Waals surface area contributed by atoms with Crippen molar-refractivity contribution in [3.05, 3.63) is 29.3 Å². The van der Waals surface area contributed by atoms with Crippen molar-refractivity contribution in [2.24, 2.45) is 5.84 Å². The second-order valence-electron chi connectivity index (χ2n) is 4.44. The molecule has 0 aliphatic heterocycles. The average molecular weight is 321 g/mol. The summed E-state index contributed by atoms with van der Waals surface area (Å²) in [5.41, 5.74) is 1.38. The molecular formula is C13H18F3N3OS. The molecule has 0 radical (unpaired) electrons. The number of benzene rings is 1. The molecule has 0 heterocycles. The van der Waals surface area contributed by atoms with E-state index < -0.39 is 17.6 Å². The van der Waals surface area contributed by atoms with Crippen molar-refractivity contribution in [2.45, 2.75) is 26.1 Å². The van der Waals surface area contributed by atoms with Crippen LogP contribution in [0.5, 0.6) is 0 Å². The number of nitrogen functional groups attached to an aromatic ring is 1. The van der Waals surface area contributed by atoms with Crippen LogP contribution >= 0.6 is 11.8 Å². The number of hydrazine groups is 1. The molecule has 0 aromatic heterocycles. The third-order valence-electron chi connectivity index (χ3n) is 2.70. The van der Waals surface area contributed by atoms with Gasteiger partial charge in [-0.25, -0.2) is 0 Å². The first-order valence-corrected chi connectivity index (χ1v) is 7.51. The number of anilines is 1. The van der Waals surface area contributed by atoms with Crippen LogP contribution in [0, 0.1) is 0 Å². The van der Waals surface area contributed by atoms with E-state index in [1.54, 1.807) is 18.7 Å². The second kappa shape index (κ2) is 7.56. The number of nitrogens with two attached hydrogens (primary N) is 1. The van der Waals surface area contributed by atoms with E-state index >= 15 is 0 Å². The van der Waals surface area contributed by atoms with Crippen molar-refractivity contribution in [1.82, 2.24) is 5.32 Å². The monoisotopic (exact) mass is 321 g/mol. The van der Waals surface area contributed by atoms with Gasteiger partial charge in [0, 0.05) is 11.8 Å². The van der Waals surface area contributed by atoms with Gasteiger partial charge in [0.1, 0.15) is 0 Å². The highest BCUT2D eigenvalue weighted by Gasteiger charge is 2.31. The first-order chi connectivity index (χ1) is 9.79. The Kier molecular flexibility index (Phi) is 6.35. The van der Waals surface area contributed by atoms with E-state index in [4.69, 9.17) is 5.84 Å². The Morgan fingerprint density at radius 1 is 1.43 bits per heavy atom. The molecular weight excluding hydrogens is 303 g/mol. The number of thioether (sulfide) groups is 1. The van der Waals surface area contributed by atoms with Gasteiger partial charge in [0.05, 0.1) is 16.8 Å². The zero-order valence-electron chi connectivity index (χ0n) is 11.8. The molecule has 1 aromatic carbocycles. The van der Waals surface area contributed by atoms with Gasteiger partial charge in [-0.15, -0.1) is 0 Å². The Bertz CT molecular complexity index is 494. The average Bonchev–Trinajstić information content (AvgIpc) is 2.43. The fraction of sp³-hybridized carbons (Fsp3) is 0.462. The van der Waals surface area contributed by atoms with Crippen molar-refractivity contribution in [3.63, 3.8) is 0 Å². The summed E-state index contributed by atoms with van der Waals surface area (Å²) in [6.07, 6.45) is -4.51. The maximum Gasteiger partial charge on any atom is 0.416 e. The molecule has 1 unspecified atom stereocenters. The Morgan fingerprint density at radius 3 is 2.62 bits per heavy atom. The van der Waals surface area contributed by atoms with Gasteiger partial charge in [0.2, 0.25) is 0 Å². The number of halogens is 3.